The van der Waals surface area contributed by atoms with Gasteiger partial charge in [0.05, 0.1) is 5.41 Å². The lowest BCUT2D eigenvalue weighted by molar-refractivity contribution is -0.130. The molecule has 2 aromatic carbocycles. The third-order valence-electron chi connectivity index (χ3n) is 5.60. The first-order chi connectivity index (χ1) is 14.1. The highest BCUT2D eigenvalue weighted by Gasteiger charge is 2.43. The topological polar surface area (TPSA) is 95.7 Å². The van der Waals surface area contributed by atoms with E-state index >= 15 is 0 Å². The number of aryl methyl sites for hydroxylation is 2. The van der Waals surface area contributed by atoms with Gasteiger partial charge in [-0.15, -0.1) is 0 Å². The van der Waals surface area contributed by atoms with Crippen LogP contribution in [0.4, 0.5) is 0 Å². The van der Waals surface area contributed by atoms with E-state index in [9.17, 15) is 14.4 Å². The molecular formula is C23H25NO5. The van der Waals surface area contributed by atoms with Crippen molar-refractivity contribution < 1.29 is 23.9 Å². The van der Waals surface area contributed by atoms with Crippen LogP contribution in [0, 0.1) is 0 Å². The molecule has 29 heavy (non-hydrogen) atoms. The average molecular weight is 395 g/mol. The molecule has 3 rings (SSSR count). The van der Waals surface area contributed by atoms with E-state index in [1.165, 1.54) is 0 Å². The Labute approximate surface area is 170 Å². The van der Waals surface area contributed by atoms with Crippen molar-refractivity contribution >= 4 is 18.9 Å². The van der Waals surface area contributed by atoms with Crippen LogP contribution in [-0.4, -0.2) is 18.9 Å². The first-order valence-electron chi connectivity index (χ1n) is 9.71. The largest absolute Gasteiger partial charge is 0.463 e. The van der Waals surface area contributed by atoms with E-state index < -0.39 is 5.41 Å². The molecule has 2 N–H and O–H groups in total. The molecule has 0 fully saturated rings. The number of benzene rings is 2. The lowest BCUT2D eigenvalue weighted by atomic mass is 9.68. The van der Waals surface area contributed by atoms with Crippen molar-refractivity contribution in [3.63, 3.8) is 0 Å². The molecule has 0 aliphatic heterocycles. The first-order valence-corrected chi connectivity index (χ1v) is 9.71. The van der Waals surface area contributed by atoms with E-state index in [0.717, 1.165) is 52.6 Å². The summed E-state index contributed by atoms with van der Waals surface area (Å²) in [6.07, 6.45) is 2.84. The third-order valence-corrected chi connectivity index (χ3v) is 5.60. The van der Waals surface area contributed by atoms with E-state index in [4.69, 9.17) is 15.2 Å². The molecule has 6 heteroatoms. The summed E-state index contributed by atoms with van der Waals surface area (Å²) >= 11 is 0. The van der Waals surface area contributed by atoms with Gasteiger partial charge in [-0.05, 0) is 52.6 Å². The quantitative estimate of drug-likeness (QED) is 0.659. The van der Waals surface area contributed by atoms with Crippen LogP contribution in [-0.2, 0) is 55.3 Å². The molecule has 0 saturated heterocycles. The van der Waals surface area contributed by atoms with Gasteiger partial charge in [-0.3, -0.25) is 14.4 Å². The highest BCUT2D eigenvalue weighted by molar-refractivity contribution is 5.92. The standard InChI is InChI=1S/C23H25NO5/c1-2-9-23(22(24)27)20-7-3-16(12-28-14-25)10-18(20)5-6-19-11-17(13-29-15-26)4-8-21(19)23/h3-4,7-8,10-11,14-15H,2,5-6,9,12-13H2,1H3,(H2,24,27). The minimum Gasteiger partial charge on any atom is -0.463 e. The van der Waals surface area contributed by atoms with Gasteiger partial charge in [-0.25, -0.2) is 0 Å². The number of amides is 1. The average Bonchev–Trinajstić information content (AvgIpc) is 2.86. The predicted octanol–water partition coefficient (Wildman–Crippen LogP) is 2.70. The predicted molar refractivity (Wildman–Crippen MR) is 107 cm³/mol. The second-order valence-electron chi connectivity index (χ2n) is 7.32. The van der Waals surface area contributed by atoms with Gasteiger partial charge in [-0.1, -0.05) is 49.7 Å². The number of ether oxygens (including phenoxy) is 2. The SMILES string of the molecule is CCCC1(C(N)=O)c2ccc(COC=O)cc2CCc2cc(COC=O)ccc21. The summed E-state index contributed by atoms with van der Waals surface area (Å²) in [5.41, 5.74) is 10.8. The van der Waals surface area contributed by atoms with Crippen LogP contribution in [0.25, 0.3) is 0 Å². The molecule has 1 aliphatic carbocycles. The molecule has 0 aromatic heterocycles. The van der Waals surface area contributed by atoms with Gasteiger partial charge >= 0.3 is 0 Å². The summed E-state index contributed by atoms with van der Waals surface area (Å²) in [5, 5.41) is 0. The van der Waals surface area contributed by atoms with Gasteiger partial charge in [0.15, 0.2) is 0 Å². The number of fused-ring (bicyclic) bond motifs is 2. The minimum atomic E-state index is -0.927. The third kappa shape index (κ3) is 3.88. The number of hydrogen-bond acceptors (Lipinski definition) is 5. The highest BCUT2D eigenvalue weighted by Crippen LogP contribution is 2.43. The molecule has 0 bridgehead atoms. The van der Waals surface area contributed by atoms with Gasteiger partial charge in [0.1, 0.15) is 13.2 Å². The Balaban J connectivity index is 2.16. The summed E-state index contributed by atoms with van der Waals surface area (Å²) < 4.78 is 9.78. The summed E-state index contributed by atoms with van der Waals surface area (Å²) in [6.45, 7) is 3.26. The Morgan fingerprint density at radius 2 is 1.45 bits per heavy atom. The Kier molecular flexibility index (Phi) is 6.32. The lowest BCUT2D eigenvalue weighted by Gasteiger charge is -2.33. The maximum absolute atomic E-state index is 12.9. The Morgan fingerprint density at radius 1 is 0.966 bits per heavy atom. The van der Waals surface area contributed by atoms with Crippen molar-refractivity contribution in [3.05, 3.63) is 69.8 Å². The van der Waals surface area contributed by atoms with E-state index in [1.54, 1.807) is 0 Å². The maximum Gasteiger partial charge on any atom is 0.293 e. The van der Waals surface area contributed by atoms with Crippen molar-refractivity contribution in [2.24, 2.45) is 5.73 Å². The number of nitrogens with two attached hydrogens (primary N) is 1. The van der Waals surface area contributed by atoms with Crippen LogP contribution in [0.3, 0.4) is 0 Å². The molecule has 0 heterocycles. The van der Waals surface area contributed by atoms with Crippen LogP contribution in [0.15, 0.2) is 36.4 Å². The van der Waals surface area contributed by atoms with Crippen molar-refractivity contribution in [1.82, 2.24) is 0 Å². The molecule has 6 nitrogen and oxygen atoms in total. The molecule has 0 atom stereocenters. The number of carbonyl (C=O) groups excluding carboxylic acids is 3. The molecule has 1 amide bonds. The molecular weight excluding hydrogens is 370 g/mol. The molecule has 0 radical (unpaired) electrons. The fourth-order valence-corrected chi connectivity index (χ4v) is 4.43. The van der Waals surface area contributed by atoms with Gasteiger partial charge in [0.25, 0.3) is 12.9 Å². The van der Waals surface area contributed by atoms with Crippen LogP contribution >= 0.6 is 0 Å². The van der Waals surface area contributed by atoms with Crippen molar-refractivity contribution in [3.8, 4) is 0 Å². The molecule has 1 aliphatic rings. The number of primary amides is 1. The van der Waals surface area contributed by atoms with Crippen molar-refractivity contribution in [1.29, 1.82) is 0 Å². The van der Waals surface area contributed by atoms with Crippen LogP contribution in [0.1, 0.15) is 53.1 Å². The second kappa shape index (κ2) is 8.90. The van der Waals surface area contributed by atoms with E-state index in [2.05, 4.69) is 0 Å². The summed E-state index contributed by atoms with van der Waals surface area (Å²) in [6, 6.07) is 11.6. The molecule has 2 aromatic rings. The van der Waals surface area contributed by atoms with Crippen LogP contribution < -0.4 is 5.73 Å². The van der Waals surface area contributed by atoms with Gasteiger partial charge in [-0.2, -0.15) is 0 Å². The number of hydrogen-bond donors (Lipinski definition) is 1. The van der Waals surface area contributed by atoms with E-state index in [-0.39, 0.29) is 19.1 Å². The zero-order valence-corrected chi connectivity index (χ0v) is 16.5. The van der Waals surface area contributed by atoms with Crippen LogP contribution in [0.2, 0.25) is 0 Å². The van der Waals surface area contributed by atoms with Crippen molar-refractivity contribution in [2.75, 3.05) is 0 Å². The van der Waals surface area contributed by atoms with Gasteiger partial charge in [0.2, 0.25) is 5.91 Å². The molecule has 0 saturated carbocycles. The van der Waals surface area contributed by atoms with Gasteiger partial charge < -0.3 is 15.2 Å². The monoisotopic (exact) mass is 395 g/mol. The second-order valence-corrected chi connectivity index (χ2v) is 7.32. The molecule has 152 valence electrons. The summed E-state index contributed by atoms with van der Waals surface area (Å²) in [5.74, 6) is -0.377. The minimum absolute atomic E-state index is 0.189. The molecule has 0 unspecified atom stereocenters. The first kappa shape index (κ1) is 20.6. The van der Waals surface area contributed by atoms with Gasteiger partial charge in [0, 0.05) is 0 Å². The lowest BCUT2D eigenvalue weighted by Crippen LogP contribution is -2.43. The fraction of sp³-hybridized carbons (Fsp3) is 0.348. The smallest absolute Gasteiger partial charge is 0.293 e. The Hall–Kier alpha value is -3.15. The van der Waals surface area contributed by atoms with Crippen LogP contribution in [0.5, 0.6) is 0 Å². The zero-order chi connectivity index (χ0) is 20.9. The Bertz CT molecular complexity index is 858. The summed E-state index contributed by atoms with van der Waals surface area (Å²) in [7, 11) is 0. The van der Waals surface area contributed by atoms with E-state index in [0.29, 0.717) is 19.4 Å². The number of rotatable bonds is 9. The summed E-state index contributed by atoms with van der Waals surface area (Å²) in [4.78, 5) is 34.0. The zero-order valence-electron chi connectivity index (χ0n) is 16.5. The van der Waals surface area contributed by atoms with Crippen molar-refractivity contribution in [2.45, 2.75) is 51.2 Å². The molecule has 0 spiro atoms. The Morgan fingerprint density at radius 3 is 1.83 bits per heavy atom. The van der Waals surface area contributed by atoms with E-state index in [1.807, 2.05) is 43.3 Å². The highest BCUT2D eigenvalue weighted by atomic mass is 16.5. The normalized spacial score (nSPS) is 14.1. The fourth-order valence-electron chi connectivity index (χ4n) is 4.43. The number of carbonyl (C=O) groups is 3. The maximum atomic E-state index is 12.9.